The number of hydrogen-bond donors (Lipinski definition) is 2. The van der Waals surface area contributed by atoms with Gasteiger partial charge in [-0.25, -0.2) is 4.39 Å². The fraction of sp³-hybridized carbons (Fsp3) is 0.0714. The first-order chi connectivity index (χ1) is 10.5. The lowest BCUT2D eigenvalue weighted by Gasteiger charge is -2.11. The molecule has 0 heterocycles. The van der Waals surface area contributed by atoms with Gasteiger partial charge in [0.1, 0.15) is 17.3 Å². The van der Waals surface area contributed by atoms with Crippen LogP contribution in [0.4, 0.5) is 21.5 Å². The van der Waals surface area contributed by atoms with E-state index in [0.717, 1.165) is 12.1 Å². The molecule has 2 rings (SSSR count). The molecular formula is C14H12FN3O3S. The Morgan fingerprint density at radius 2 is 2.05 bits per heavy atom. The number of rotatable bonds is 4. The van der Waals surface area contributed by atoms with Crippen molar-refractivity contribution in [2.45, 2.75) is 0 Å². The summed E-state index contributed by atoms with van der Waals surface area (Å²) in [5, 5.41) is 16.6. The maximum Gasteiger partial charge on any atom is 0.295 e. The fourth-order valence-electron chi connectivity index (χ4n) is 1.75. The molecule has 0 aliphatic rings. The summed E-state index contributed by atoms with van der Waals surface area (Å²) in [6.45, 7) is 0. The molecule has 2 aromatic carbocycles. The third-order valence-electron chi connectivity index (χ3n) is 2.73. The molecule has 0 saturated carbocycles. The second-order valence-electron chi connectivity index (χ2n) is 4.23. The summed E-state index contributed by atoms with van der Waals surface area (Å²) in [4.78, 5) is 10.2. The van der Waals surface area contributed by atoms with Crippen molar-refractivity contribution in [1.29, 1.82) is 0 Å². The Labute approximate surface area is 131 Å². The first-order valence-electron chi connectivity index (χ1n) is 6.15. The van der Waals surface area contributed by atoms with E-state index in [1.807, 2.05) is 0 Å². The molecule has 0 bridgehead atoms. The Hall–Kier alpha value is -2.74. The number of nitro groups is 1. The molecule has 0 radical (unpaired) electrons. The van der Waals surface area contributed by atoms with E-state index in [2.05, 4.69) is 10.6 Å². The van der Waals surface area contributed by atoms with Gasteiger partial charge in [-0.1, -0.05) is 6.07 Å². The summed E-state index contributed by atoms with van der Waals surface area (Å²) in [5.74, 6) is -0.0514. The molecule has 8 heteroatoms. The number of thiocarbonyl (C=S) groups is 1. The molecule has 0 spiro atoms. The van der Waals surface area contributed by atoms with Gasteiger partial charge in [-0.2, -0.15) is 0 Å². The molecule has 0 amide bonds. The molecule has 2 N–H and O–H groups in total. The summed E-state index contributed by atoms with van der Waals surface area (Å²) >= 11 is 5.10. The van der Waals surface area contributed by atoms with E-state index < -0.39 is 16.4 Å². The number of methoxy groups -OCH3 is 1. The molecule has 0 aliphatic carbocycles. The summed E-state index contributed by atoms with van der Waals surface area (Å²) in [6, 6.07) is 10.2. The molecule has 2 aromatic rings. The number of anilines is 2. The average molecular weight is 321 g/mol. The van der Waals surface area contributed by atoms with Gasteiger partial charge in [0, 0.05) is 11.8 Å². The standard InChI is InChI=1S/C14H12FN3O3S/c1-21-11-4-2-3-10(8-11)16-14(22)17-12-6-5-9(15)7-13(12)18(19)20/h2-8H,1H3,(H2,16,17,22). The lowest BCUT2D eigenvalue weighted by atomic mass is 10.2. The second-order valence-corrected chi connectivity index (χ2v) is 4.64. The van der Waals surface area contributed by atoms with Gasteiger partial charge in [-0.3, -0.25) is 10.1 Å². The highest BCUT2D eigenvalue weighted by Crippen LogP contribution is 2.25. The maximum absolute atomic E-state index is 13.1. The lowest BCUT2D eigenvalue weighted by Crippen LogP contribution is -2.19. The Balaban J connectivity index is 2.13. The van der Waals surface area contributed by atoms with Crippen molar-refractivity contribution in [2.75, 3.05) is 17.7 Å². The Morgan fingerprint density at radius 1 is 1.27 bits per heavy atom. The Kier molecular flexibility index (Phi) is 4.84. The molecule has 0 atom stereocenters. The van der Waals surface area contributed by atoms with E-state index in [1.165, 1.54) is 13.2 Å². The molecule has 0 fully saturated rings. The third kappa shape index (κ3) is 3.89. The zero-order chi connectivity index (χ0) is 16.1. The number of nitro benzene ring substituents is 1. The number of ether oxygens (including phenoxy) is 1. The number of halogens is 1. The summed E-state index contributed by atoms with van der Waals surface area (Å²) in [6.07, 6.45) is 0. The number of benzene rings is 2. The van der Waals surface area contributed by atoms with Crippen molar-refractivity contribution in [3.8, 4) is 5.75 Å². The molecule has 0 saturated heterocycles. The van der Waals surface area contributed by atoms with Gasteiger partial charge >= 0.3 is 0 Å². The molecule has 6 nitrogen and oxygen atoms in total. The van der Waals surface area contributed by atoms with Crippen molar-refractivity contribution in [3.63, 3.8) is 0 Å². The highest BCUT2D eigenvalue weighted by atomic mass is 32.1. The summed E-state index contributed by atoms with van der Waals surface area (Å²) in [5.41, 5.74) is 0.364. The average Bonchev–Trinajstić information content (AvgIpc) is 2.49. The van der Waals surface area contributed by atoms with Crippen molar-refractivity contribution >= 4 is 34.4 Å². The van der Waals surface area contributed by atoms with Crippen molar-refractivity contribution in [3.05, 3.63) is 58.4 Å². The minimum absolute atomic E-state index is 0.104. The van der Waals surface area contributed by atoms with Gasteiger partial charge in [0.15, 0.2) is 5.11 Å². The van der Waals surface area contributed by atoms with E-state index in [0.29, 0.717) is 11.4 Å². The number of nitrogens with one attached hydrogen (secondary N) is 2. The van der Waals surface area contributed by atoms with Gasteiger partial charge < -0.3 is 15.4 Å². The largest absolute Gasteiger partial charge is 0.497 e. The molecule has 0 aromatic heterocycles. The van der Waals surface area contributed by atoms with Crippen LogP contribution in [0, 0.1) is 15.9 Å². The maximum atomic E-state index is 13.1. The van der Waals surface area contributed by atoms with Gasteiger partial charge in [0.05, 0.1) is 18.1 Å². The van der Waals surface area contributed by atoms with Gasteiger partial charge in [0.2, 0.25) is 0 Å². The van der Waals surface area contributed by atoms with E-state index in [4.69, 9.17) is 17.0 Å². The van der Waals surface area contributed by atoms with Crippen LogP contribution < -0.4 is 15.4 Å². The van der Waals surface area contributed by atoms with Crippen LogP contribution in [0.15, 0.2) is 42.5 Å². The van der Waals surface area contributed by atoms with Crippen LogP contribution in [-0.2, 0) is 0 Å². The molecular weight excluding hydrogens is 309 g/mol. The molecule has 114 valence electrons. The zero-order valence-corrected chi connectivity index (χ0v) is 12.3. The summed E-state index contributed by atoms with van der Waals surface area (Å²) in [7, 11) is 1.54. The van der Waals surface area contributed by atoms with Crippen LogP contribution in [0.25, 0.3) is 0 Å². The predicted octanol–water partition coefficient (Wildman–Crippen LogP) is 3.55. The quantitative estimate of drug-likeness (QED) is 0.509. The van der Waals surface area contributed by atoms with Crippen molar-refractivity contribution in [2.24, 2.45) is 0 Å². The smallest absolute Gasteiger partial charge is 0.295 e. The first kappa shape index (κ1) is 15.6. The highest BCUT2D eigenvalue weighted by molar-refractivity contribution is 7.80. The van der Waals surface area contributed by atoms with Crippen LogP contribution in [0.1, 0.15) is 0 Å². The van der Waals surface area contributed by atoms with E-state index in [-0.39, 0.29) is 10.8 Å². The minimum Gasteiger partial charge on any atom is -0.497 e. The Bertz CT molecular complexity index is 724. The second kappa shape index (κ2) is 6.81. The topological polar surface area (TPSA) is 76.4 Å². The third-order valence-corrected chi connectivity index (χ3v) is 2.94. The zero-order valence-electron chi connectivity index (χ0n) is 11.5. The fourth-order valence-corrected chi connectivity index (χ4v) is 1.97. The first-order valence-corrected chi connectivity index (χ1v) is 6.56. The van der Waals surface area contributed by atoms with Crippen LogP contribution in [0.2, 0.25) is 0 Å². The van der Waals surface area contributed by atoms with Gasteiger partial charge in [-0.05, 0) is 36.5 Å². The van der Waals surface area contributed by atoms with Crippen molar-refractivity contribution in [1.82, 2.24) is 0 Å². The van der Waals surface area contributed by atoms with Crippen LogP contribution in [0.5, 0.6) is 5.75 Å². The normalized spacial score (nSPS) is 9.91. The van der Waals surface area contributed by atoms with Crippen molar-refractivity contribution < 1.29 is 14.1 Å². The molecule has 0 unspecified atom stereocenters. The van der Waals surface area contributed by atoms with Crippen LogP contribution in [0.3, 0.4) is 0 Å². The SMILES string of the molecule is COc1cccc(NC(=S)Nc2ccc(F)cc2[N+](=O)[O-])c1. The predicted molar refractivity (Wildman–Crippen MR) is 85.9 cm³/mol. The molecule has 22 heavy (non-hydrogen) atoms. The van der Waals surface area contributed by atoms with E-state index in [9.17, 15) is 14.5 Å². The Morgan fingerprint density at radius 3 is 2.73 bits per heavy atom. The summed E-state index contributed by atoms with van der Waals surface area (Å²) < 4.78 is 18.2. The number of hydrogen-bond acceptors (Lipinski definition) is 4. The highest BCUT2D eigenvalue weighted by Gasteiger charge is 2.15. The van der Waals surface area contributed by atoms with Gasteiger partial charge in [-0.15, -0.1) is 0 Å². The van der Waals surface area contributed by atoms with E-state index >= 15 is 0 Å². The monoisotopic (exact) mass is 321 g/mol. The lowest BCUT2D eigenvalue weighted by molar-refractivity contribution is -0.384. The number of nitrogens with zero attached hydrogens (tertiary/aromatic N) is 1. The van der Waals surface area contributed by atoms with Crippen LogP contribution in [-0.4, -0.2) is 17.1 Å². The van der Waals surface area contributed by atoms with E-state index in [1.54, 1.807) is 24.3 Å². The molecule has 0 aliphatic heterocycles. The van der Waals surface area contributed by atoms with Crippen LogP contribution >= 0.6 is 12.2 Å². The van der Waals surface area contributed by atoms with Gasteiger partial charge in [0.25, 0.3) is 5.69 Å². The minimum atomic E-state index is -0.691.